The SMILES string of the molecule is Cc1ccc(C)c(C(CBr)C2CCCC2)c1. The van der Waals surface area contributed by atoms with Crippen LogP contribution in [-0.4, -0.2) is 5.33 Å². The molecule has 16 heavy (non-hydrogen) atoms. The molecule has 1 aliphatic carbocycles. The van der Waals surface area contributed by atoms with Crippen molar-refractivity contribution in [3.8, 4) is 0 Å². The van der Waals surface area contributed by atoms with E-state index in [2.05, 4.69) is 48.0 Å². The van der Waals surface area contributed by atoms with Gasteiger partial charge in [-0.3, -0.25) is 0 Å². The summed E-state index contributed by atoms with van der Waals surface area (Å²) in [5.41, 5.74) is 4.43. The van der Waals surface area contributed by atoms with Crippen LogP contribution in [0, 0.1) is 19.8 Å². The van der Waals surface area contributed by atoms with E-state index in [1.54, 1.807) is 5.56 Å². The third kappa shape index (κ3) is 2.51. The van der Waals surface area contributed by atoms with E-state index in [1.165, 1.54) is 36.8 Å². The lowest BCUT2D eigenvalue weighted by Crippen LogP contribution is -2.12. The Kier molecular flexibility index (Phi) is 4.07. The molecule has 0 heterocycles. The quantitative estimate of drug-likeness (QED) is 0.686. The van der Waals surface area contributed by atoms with Crippen LogP contribution in [-0.2, 0) is 0 Å². The van der Waals surface area contributed by atoms with Gasteiger partial charge < -0.3 is 0 Å². The van der Waals surface area contributed by atoms with Crippen molar-refractivity contribution < 1.29 is 0 Å². The Morgan fingerprint density at radius 3 is 2.56 bits per heavy atom. The fourth-order valence-corrected chi connectivity index (χ4v) is 3.86. The molecule has 0 aliphatic heterocycles. The highest BCUT2D eigenvalue weighted by Crippen LogP contribution is 2.39. The first-order valence-electron chi connectivity index (χ1n) is 6.35. The molecule has 1 unspecified atom stereocenters. The van der Waals surface area contributed by atoms with Crippen molar-refractivity contribution in [2.75, 3.05) is 5.33 Å². The molecule has 0 amide bonds. The average Bonchev–Trinajstić information content (AvgIpc) is 2.78. The van der Waals surface area contributed by atoms with Gasteiger partial charge in [-0.15, -0.1) is 0 Å². The fraction of sp³-hybridized carbons (Fsp3) is 0.600. The first kappa shape index (κ1) is 12.2. The molecule has 1 saturated carbocycles. The van der Waals surface area contributed by atoms with Gasteiger partial charge in [-0.1, -0.05) is 52.5 Å². The van der Waals surface area contributed by atoms with Crippen molar-refractivity contribution >= 4 is 15.9 Å². The van der Waals surface area contributed by atoms with Gasteiger partial charge in [0.25, 0.3) is 0 Å². The number of aryl methyl sites for hydroxylation is 2. The zero-order chi connectivity index (χ0) is 11.5. The van der Waals surface area contributed by atoms with Gasteiger partial charge in [-0.05, 0) is 49.7 Å². The summed E-state index contributed by atoms with van der Waals surface area (Å²) in [6.07, 6.45) is 5.70. The van der Waals surface area contributed by atoms with Crippen LogP contribution < -0.4 is 0 Å². The third-order valence-corrected chi connectivity index (χ3v) is 4.67. The molecule has 1 fully saturated rings. The van der Waals surface area contributed by atoms with E-state index in [-0.39, 0.29) is 0 Å². The maximum Gasteiger partial charge on any atom is 0.0103 e. The Morgan fingerprint density at radius 1 is 1.25 bits per heavy atom. The van der Waals surface area contributed by atoms with Crippen LogP contribution in [0.3, 0.4) is 0 Å². The first-order valence-corrected chi connectivity index (χ1v) is 7.47. The summed E-state index contributed by atoms with van der Waals surface area (Å²) < 4.78 is 0. The maximum absolute atomic E-state index is 3.72. The molecule has 0 aromatic heterocycles. The highest BCUT2D eigenvalue weighted by molar-refractivity contribution is 9.09. The van der Waals surface area contributed by atoms with Crippen LogP contribution in [0.2, 0.25) is 0 Å². The van der Waals surface area contributed by atoms with Crippen LogP contribution in [0.25, 0.3) is 0 Å². The van der Waals surface area contributed by atoms with Crippen LogP contribution in [0.4, 0.5) is 0 Å². The van der Waals surface area contributed by atoms with E-state index >= 15 is 0 Å². The van der Waals surface area contributed by atoms with Crippen LogP contribution in [0.15, 0.2) is 18.2 Å². The molecule has 1 heteroatoms. The molecule has 88 valence electrons. The second kappa shape index (κ2) is 5.35. The predicted molar refractivity (Wildman–Crippen MR) is 74.4 cm³/mol. The van der Waals surface area contributed by atoms with Gasteiger partial charge in [-0.2, -0.15) is 0 Å². The molecule has 0 bridgehead atoms. The average molecular weight is 281 g/mol. The second-order valence-corrected chi connectivity index (χ2v) is 5.81. The van der Waals surface area contributed by atoms with Gasteiger partial charge in [0, 0.05) is 5.33 Å². The number of halogens is 1. The van der Waals surface area contributed by atoms with Gasteiger partial charge in [-0.25, -0.2) is 0 Å². The molecular formula is C15H21Br. The normalized spacial score (nSPS) is 18.9. The summed E-state index contributed by atoms with van der Waals surface area (Å²) in [4.78, 5) is 0. The molecule has 0 N–H and O–H groups in total. The van der Waals surface area contributed by atoms with Crippen molar-refractivity contribution in [3.05, 3.63) is 34.9 Å². The summed E-state index contributed by atoms with van der Waals surface area (Å²) in [7, 11) is 0. The van der Waals surface area contributed by atoms with Crippen LogP contribution in [0.5, 0.6) is 0 Å². The lowest BCUT2D eigenvalue weighted by molar-refractivity contribution is 0.466. The van der Waals surface area contributed by atoms with E-state index in [9.17, 15) is 0 Å². The molecule has 1 aromatic carbocycles. The Labute approximate surface area is 108 Å². The van der Waals surface area contributed by atoms with Gasteiger partial charge in [0.2, 0.25) is 0 Å². The molecule has 0 radical (unpaired) electrons. The molecule has 2 rings (SSSR count). The number of benzene rings is 1. The zero-order valence-corrected chi connectivity index (χ0v) is 11.9. The second-order valence-electron chi connectivity index (χ2n) is 5.17. The highest BCUT2D eigenvalue weighted by atomic mass is 79.9. The zero-order valence-electron chi connectivity index (χ0n) is 10.3. The minimum absolute atomic E-state index is 0.724. The summed E-state index contributed by atoms with van der Waals surface area (Å²) >= 11 is 3.72. The van der Waals surface area contributed by atoms with Gasteiger partial charge in [0.05, 0.1) is 0 Å². The van der Waals surface area contributed by atoms with Crippen LogP contribution >= 0.6 is 15.9 Å². The van der Waals surface area contributed by atoms with Crippen molar-refractivity contribution in [3.63, 3.8) is 0 Å². The standard InChI is InChI=1S/C15H21Br/c1-11-7-8-12(2)14(9-11)15(10-16)13-5-3-4-6-13/h7-9,13,15H,3-6,10H2,1-2H3. The Balaban J connectivity index is 2.28. The minimum Gasteiger partial charge on any atom is -0.0921 e. The Morgan fingerprint density at radius 2 is 1.94 bits per heavy atom. The van der Waals surface area contributed by atoms with Crippen LogP contribution in [0.1, 0.15) is 48.3 Å². The maximum atomic E-state index is 3.72. The summed E-state index contributed by atoms with van der Waals surface area (Å²) in [6, 6.07) is 6.88. The molecule has 1 atom stereocenters. The Bertz CT molecular complexity index is 350. The van der Waals surface area contributed by atoms with Crippen molar-refractivity contribution in [1.29, 1.82) is 0 Å². The molecule has 1 aromatic rings. The van der Waals surface area contributed by atoms with E-state index in [4.69, 9.17) is 0 Å². The molecule has 0 spiro atoms. The number of alkyl halides is 1. The monoisotopic (exact) mass is 280 g/mol. The molecule has 1 aliphatic rings. The smallest absolute Gasteiger partial charge is 0.0103 e. The minimum atomic E-state index is 0.724. The van der Waals surface area contributed by atoms with Crippen molar-refractivity contribution in [1.82, 2.24) is 0 Å². The summed E-state index contributed by atoms with van der Waals surface area (Å²) in [5, 5.41) is 1.11. The largest absolute Gasteiger partial charge is 0.0921 e. The van der Waals surface area contributed by atoms with E-state index in [1.807, 2.05) is 0 Å². The third-order valence-electron chi connectivity index (χ3n) is 3.97. The highest BCUT2D eigenvalue weighted by Gasteiger charge is 2.26. The van der Waals surface area contributed by atoms with Gasteiger partial charge in [0.15, 0.2) is 0 Å². The number of hydrogen-bond acceptors (Lipinski definition) is 0. The summed E-state index contributed by atoms with van der Waals surface area (Å²) in [6.45, 7) is 4.45. The topological polar surface area (TPSA) is 0 Å². The lowest BCUT2D eigenvalue weighted by atomic mass is 9.84. The van der Waals surface area contributed by atoms with Gasteiger partial charge >= 0.3 is 0 Å². The molecule has 0 saturated heterocycles. The van der Waals surface area contributed by atoms with Crippen molar-refractivity contribution in [2.45, 2.75) is 45.4 Å². The van der Waals surface area contributed by atoms with E-state index < -0.39 is 0 Å². The molecular weight excluding hydrogens is 260 g/mol. The van der Waals surface area contributed by atoms with Gasteiger partial charge in [0.1, 0.15) is 0 Å². The number of hydrogen-bond donors (Lipinski definition) is 0. The predicted octanol–water partition coefficient (Wildman–Crippen LogP) is 4.97. The first-order chi connectivity index (χ1) is 7.72. The number of rotatable bonds is 3. The van der Waals surface area contributed by atoms with E-state index in [0.717, 1.165) is 17.2 Å². The van der Waals surface area contributed by atoms with Crippen molar-refractivity contribution in [2.24, 2.45) is 5.92 Å². The summed E-state index contributed by atoms with van der Waals surface area (Å²) in [5.74, 6) is 1.63. The molecule has 0 nitrogen and oxygen atoms in total. The Hall–Kier alpha value is -0.300. The lowest BCUT2D eigenvalue weighted by Gasteiger charge is -2.24. The van der Waals surface area contributed by atoms with E-state index in [0.29, 0.717) is 0 Å². The fourth-order valence-electron chi connectivity index (χ4n) is 2.98.